The lowest BCUT2D eigenvalue weighted by Crippen LogP contribution is -2.06. The second-order valence-corrected chi connectivity index (χ2v) is 6.69. The summed E-state index contributed by atoms with van der Waals surface area (Å²) in [5.41, 5.74) is 1.55. The summed E-state index contributed by atoms with van der Waals surface area (Å²) >= 11 is 1.71. The predicted molar refractivity (Wildman–Crippen MR) is 91.3 cm³/mol. The maximum Gasteiger partial charge on any atom is 0.137 e. The topological polar surface area (TPSA) is 45.9 Å². The van der Waals surface area contributed by atoms with Crippen molar-refractivity contribution in [3.8, 4) is 22.4 Å². The summed E-state index contributed by atoms with van der Waals surface area (Å²) in [6, 6.07) is 7.93. The Balaban J connectivity index is 2.17. The Morgan fingerprint density at radius 3 is 2.82 bits per heavy atom. The van der Waals surface area contributed by atoms with Crippen molar-refractivity contribution in [2.75, 3.05) is 0 Å². The van der Waals surface area contributed by atoms with Crippen LogP contribution in [0.2, 0.25) is 0 Å². The van der Waals surface area contributed by atoms with Gasteiger partial charge in [-0.3, -0.25) is 0 Å². The minimum Gasteiger partial charge on any atom is -0.490 e. The van der Waals surface area contributed by atoms with E-state index in [1.165, 1.54) is 24.1 Å². The summed E-state index contributed by atoms with van der Waals surface area (Å²) in [7, 11) is 0. The third-order valence-electron chi connectivity index (χ3n) is 3.29. The molecule has 0 aliphatic carbocycles. The summed E-state index contributed by atoms with van der Waals surface area (Å²) < 4.78 is 5.66. The van der Waals surface area contributed by atoms with Gasteiger partial charge >= 0.3 is 0 Å². The quantitative estimate of drug-likeness (QED) is 0.660. The standard InChI is InChI=1S/C18H22N2OS/c1-4-5-6-7-16-12-20-18(22-16)14-8-9-17(21-13(2)3)15(10-14)11-19/h8-10,12-13H,4-7H2,1-3H3. The van der Waals surface area contributed by atoms with Crippen LogP contribution < -0.4 is 4.74 Å². The fourth-order valence-electron chi connectivity index (χ4n) is 2.21. The average Bonchev–Trinajstić information content (AvgIpc) is 2.96. The molecule has 1 aromatic heterocycles. The number of hydrogen-bond acceptors (Lipinski definition) is 4. The van der Waals surface area contributed by atoms with Crippen LogP contribution in [0, 0.1) is 11.3 Å². The van der Waals surface area contributed by atoms with Crippen LogP contribution in [0.3, 0.4) is 0 Å². The zero-order chi connectivity index (χ0) is 15.9. The number of thiazole rings is 1. The Labute approximate surface area is 136 Å². The minimum atomic E-state index is 0.0583. The monoisotopic (exact) mass is 314 g/mol. The number of benzene rings is 1. The SMILES string of the molecule is CCCCCc1cnc(-c2ccc(OC(C)C)c(C#N)c2)s1. The Morgan fingerprint density at radius 2 is 2.14 bits per heavy atom. The Hall–Kier alpha value is -1.86. The molecule has 0 saturated heterocycles. The number of nitriles is 1. The van der Waals surface area contributed by atoms with Gasteiger partial charge in [-0.1, -0.05) is 19.8 Å². The molecule has 3 nitrogen and oxygen atoms in total. The van der Waals surface area contributed by atoms with Gasteiger partial charge in [0.05, 0.1) is 11.7 Å². The van der Waals surface area contributed by atoms with Crippen molar-refractivity contribution in [3.63, 3.8) is 0 Å². The third kappa shape index (κ3) is 4.32. The highest BCUT2D eigenvalue weighted by molar-refractivity contribution is 7.15. The zero-order valence-corrected chi connectivity index (χ0v) is 14.2. The van der Waals surface area contributed by atoms with Crippen molar-refractivity contribution in [2.24, 2.45) is 0 Å². The van der Waals surface area contributed by atoms with Gasteiger partial charge in [0, 0.05) is 16.6 Å². The molecule has 0 saturated carbocycles. The van der Waals surface area contributed by atoms with Gasteiger partial charge in [0.25, 0.3) is 0 Å². The molecule has 0 amide bonds. The Kier molecular flexibility index (Phi) is 5.97. The molecule has 0 bridgehead atoms. The average molecular weight is 314 g/mol. The summed E-state index contributed by atoms with van der Waals surface area (Å²) in [4.78, 5) is 5.81. The summed E-state index contributed by atoms with van der Waals surface area (Å²) in [6.07, 6.45) is 6.80. The second kappa shape index (κ2) is 7.95. The van der Waals surface area contributed by atoms with Crippen LogP contribution in [-0.2, 0) is 6.42 Å². The van der Waals surface area contributed by atoms with E-state index in [1.54, 1.807) is 11.3 Å². The lowest BCUT2D eigenvalue weighted by Gasteiger charge is -2.11. The normalized spacial score (nSPS) is 10.7. The first-order valence-corrected chi connectivity index (χ1v) is 8.61. The van der Waals surface area contributed by atoms with E-state index in [0.29, 0.717) is 11.3 Å². The van der Waals surface area contributed by atoms with E-state index in [2.05, 4.69) is 18.0 Å². The number of nitrogens with zero attached hydrogens (tertiary/aromatic N) is 2. The maximum atomic E-state index is 9.30. The van der Waals surface area contributed by atoms with Crippen LogP contribution in [0.4, 0.5) is 0 Å². The number of ether oxygens (including phenoxy) is 1. The predicted octanol–water partition coefficient (Wildman–Crippen LogP) is 5.20. The van der Waals surface area contributed by atoms with Crippen LogP contribution >= 0.6 is 11.3 Å². The largest absolute Gasteiger partial charge is 0.490 e. The molecule has 2 rings (SSSR count). The number of hydrogen-bond donors (Lipinski definition) is 0. The van der Waals surface area contributed by atoms with E-state index in [9.17, 15) is 5.26 Å². The van der Waals surface area contributed by atoms with Gasteiger partial charge in [0.15, 0.2) is 0 Å². The molecule has 0 aliphatic rings. The van der Waals surface area contributed by atoms with Crippen molar-refractivity contribution in [1.29, 1.82) is 5.26 Å². The van der Waals surface area contributed by atoms with Crippen molar-refractivity contribution in [2.45, 2.75) is 52.6 Å². The molecular weight excluding hydrogens is 292 g/mol. The van der Waals surface area contributed by atoms with Gasteiger partial charge in [-0.2, -0.15) is 5.26 Å². The maximum absolute atomic E-state index is 9.30. The number of unbranched alkanes of at least 4 members (excludes halogenated alkanes) is 2. The van der Waals surface area contributed by atoms with Crippen LogP contribution in [-0.4, -0.2) is 11.1 Å². The van der Waals surface area contributed by atoms with E-state index in [-0.39, 0.29) is 6.10 Å². The van der Waals surface area contributed by atoms with Crippen LogP contribution in [0.15, 0.2) is 24.4 Å². The minimum absolute atomic E-state index is 0.0583. The highest BCUT2D eigenvalue weighted by Crippen LogP contribution is 2.30. The molecule has 0 radical (unpaired) electrons. The van der Waals surface area contributed by atoms with E-state index < -0.39 is 0 Å². The van der Waals surface area contributed by atoms with Crippen LogP contribution in [0.1, 0.15) is 50.5 Å². The van der Waals surface area contributed by atoms with Crippen LogP contribution in [0.25, 0.3) is 10.6 Å². The van der Waals surface area contributed by atoms with Gasteiger partial charge in [-0.05, 0) is 44.9 Å². The first-order valence-electron chi connectivity index (χ1n) is 7.80. The molecule has 0 spiro atoms. The summed E-state index contributed by atoms with van der Waals surface area (Å²) in [5, 5.41) is 10.3. The lowest BCUT2D eigenvalue weighted by atomic mass is 10.1. The Bertz CT molecular complexity index is 655. The van der Waals surface area contributed by atoms with Crippen molar-refractivity contribution >= 4 is 11.3 Å². The molecule has 0 aliphatic heterocycles. The molecule has 1 aromatic carbocycles. The highest BCUT2D eigenvalue weighted by Gasteiger charge is 2.10. The number of rotatable bonds is 7. The fourth-order valence-corrected chi connectivity index (χ4v) is 3.16. The van der Waals surface area contributed by atoms with Gasteiger partial charge < -0.3 is 4.74 Å². The van der Waals surface area contributed by atoms with E-state index >= 15 is 0 Å². The highest BCUT2D eigenvalue weighted by atomic mass is 32.1. The molecule has 22 heavy (non-hydrogen) atoms. The number of aryl methyl sites for hydroxylation is 1. The van der Waals surface area contributed by atoms with Crippen molar-refractivity contribution in [1.82, 2.24) is 4.98 Å². The molecule has 0 fully saturated rings. The molecule has 0 N–H and O–H groups in total. The molecule has 2 aromatic rings. The van der Waals surface area contributed by atoms with E-state index in [1.807, 2.05) is 38.2 Å². The molecule has 4 heteroatoms. The van der Waals surface area contributed by atoms with Crippen molar-refractivity contribution in [3.05, 3.63) is 34.8 Å². The molecule has 1 heterocycles. The smallest absolute Gasteiger partial charge is 0.137 e. The number of aromatic nitrogens is 1. The second-order valence-electron chi connectivity index (χ2n) is 5.58. The molecular formula is C18H22N2OS. The summed E-state index contributed by atoms with van der Waals surface area (Å²) in [5.74, 6) is 0.640. The van der Waals surface area contributed by atoms with Crippen LogP contribution in [0.5, 0.6) is 5.75 Å². The summed E-state index contributed by atoms with van der Waals surface area (Å²) in [6.45, 7) is 6.12. The van der Waals surface area contributed by atoms with Gasteiger partial charge in [0.1, 0.15) is 16.8 Å². The lowest BCUT2D eigenvalue weighted by molar-refractivity contribution is 0.242. The Morgan fingerprint density at radius 1 is 1.32 bits per heavy atom. The third-order valence-corrected chi connectivity index (χ3v) is 4.40. The molecule has 0 atom stereocenters. The van der Waals surface area contributed by atoms with E-state index in [4.69, 9.17) is 4.74 Å². The van der Waals surface area contributed by atoms with E-state index in [0.717, 1.165) is 17.0 Å². The van der Waals surface area contributed by atoms with Gasteiger partial charge in [0.2, 0.25) is 0 Å². The first kappa shape index (κ1) is 16.5. The molecule has 116 valence electrons. The fraction of sp³-hybridized carbons (Fsp3) is 0.444. The van der Waals surface area contributed by atoms with Gasteiger partial charge in [-0.15, -0.1) is 11.3 Å². The zero-order valence-electron chi connectivity index (χ0n) is 13.4. The molecule has 0 unspecified atom stereocenters. The van der Waals surface area contributed by atoms with Gasteiger partial charge in [-0.25, -0.2) is 4.98 Å². The van der Waals surface area contributed by atoms with Crippen molar-refractivity contribution < 1.29 is 4.74 Å². The first-order chi connectivity index (χ1) is 10.6.